The quantitative estimate of drug-likeness (QED) is 0.595. The number of hydrogen-bond acceptors (Lipinski definition) is 0. The highest BCUT2D eigenvalue weighted by molar-refractivity contribution is 6.72. The molecule has 0 heterocycles. The molecule has 2 aromatic carbocycles. The Balaban J connectivity index is 2.35. The molecule has 0 aliphatic rings. The third kappa shape index (κ3) is 3.58. The molecular formula is C18H22Si2. The van der Waals surface area contributed by atoms with Crippen LogP contribution in [0.15, 0.2) is 48.5 Å². The van der Waals surface area contributed by atoms with E-state index in [1.54, 1.807) is 0 Å². The van der Waals surface area contributed by atoms with Gasteiger partial charge in [0.05, 0.1) is 17.6 Å². The third-order valence-electron chi connectivity index (χ3n) is 3.44. The van der Waals surface area contributed by atoms with Gasteiger partial charge in [-0.2, -0.15) is 0 Å². The van der Waals surface area contributed by atoms with Gasteiger partial charge >= 0.3 is 0 Å². The molecule has 20 heavy (non-hydrogen) atoms. The maximum absolute atomic E-state index is 2.35. The van der Waals surface area contributed by atoms with Crippen molar-refractivity contribution in [3.63, 3.8) is 0 Å². The van der Waals surface area contributed by atoms with Gasteiger partial charge in [-0.3, -0.25) is 0 Å². The Labute approximate surface area is 126 Å². The lowest BCUT2D eigenvalue weighted by Crippen LogP contribution is -2.25. The largest absolute Gasteiger partial charge is 0.0799 e. The summed E-state index contributed by atoms with van der Waals surface area (Å²) in [6.45, 7) is 9.41. The number of rotatable bonds is 4. The van der Waals surface area contributed by atoms with Crippen molar-refractivity contribution in [2.45, 2.75) is 26.2 Å². The molecule has 2 radical (unpaired) electrons. The van der Waals surface area contributed by atoms with Crippen LogP contribution in [0.4, 0.5) is 0 Å². The van der Waals surface area contributed by atoms with Crippen LogP contribution in [0.25, 0.3) is 12.2 Å². The molecule has 0 aliphatic carbocycles. The van der Waals surface area contributed by atoms with Crippen molar-refractivity contribution >= 4 is 40.1 Å². The molecular weight excluding hydrogens is 272 g/mol. The van der Waals surface area contributed by atoms with Crippen LogP contribution in [0.2, 0.25) is 26.2 Å². The van der Waals surface area contributed by atoms with Gasteiger partial charge in [-0.05, 0) is 11.1 Å². The average molecular weight is 295 g/mol. The second kappa shape index (κ2) is 6.86. The summed E-state index contributed by atoms with van der Waals surface area (Å²) in [6.07, 6.45) is 4.58. The highest BCUT2D eigenvalue weighted by Gasteiger charge is 2.06. The molecule has 0 aromatic heterocycles. The van der Waals surface area contributed by atoms with E-state index in [2.05, 4.69) is 86.9 Å². The second-order valence-corrected chi connectivity index (χ2v) is 10.6. The molecule has 0 nitrogen and oxygen atoms in total. The zero-order valence-corrected chi connectivity index (χ0v) is 14.8. The molecule has 0 aliphatic heterocycles. The molecule has 0 spiro atoms. The van der Waals surface area contributed by atoms with Gasteiger partial charge in [0.1, 0.15) is 0 Å². The Morgan fingerprint density at radius 1 is 0.600 bits per heavy atom. The molecule has 0 amide bonds. The minimum absolute atomic E-state index is 0.416. The third-order valence-corrected chi connectivity index (χ3v) is 6.51. The summed E-state index contributed by atoms with van der Waals surface area (Å²) >= 11 is 0. The van der Waals surface area contributed by atoms with Crippen LogP contribution < -0.4 is 10.4 Å². The molecule has 0 N–H and O–H groups in total. The summed E-state index contributed by atoms with van der Waals surface area (Å²) in [6, 6.07) is 17.6. The van der Waals surface area contributed by atoms with Gasteiger partial charge in [0.25, 0.3) is 0 Å². The first-order valence-corrected chi connectivity index (χ1v) is 12.1. The summed E-state index contributed by atoms with van der Waals surface area (Å²) < 4.78 is 0. The van der Waals surface area contributed by atoms with Crippen molar-refractivity contribution in [2.75, 3.05) is 0 Å². The van der Waals surface area contributed by atoms with Gasteiger partial charge in [-0.1, -0.05) is 97.2 Å². The molecule has 2 heteroatoms. The molecule has 2 aromatic rings. The van der Waals surface area contributed by atoms with Crippen LogP contribution in [0, 0.1) is 0 Å². The summed E-state index contributed by atoms with van der Waals surface area (Å²) in [7, 11) is -0.832. The summed E-state index contributed by atoms with van der Waals surface area (Å²) in [5.41, 5.74) is 2.75. The van der Waals surface area contributed by atoms with E-state index in [1.807, 2.05) is 0 Å². The van der Waals surface area contributed by atoms with Gasteiger partial charge < -0.3 is 0 Å². The standard InChI is InChI=1S/C18H22Si2/c1-19(2)17-11-7-5-9-15(17)13-14-16-10-6-8-12-18(16)20(3)4/h5-14H,1-4H3. The Hall–Kier alpha value is -1.39. The normalized spacial score (nSPS) is 11.7. The minimum atomic E-state index is -0.416. The highest BCUT2D eigenvalue weighted by Crippen LogP contribution is 2.07. The van der Waals surface area contributed by atoms with Crippen molar-refractivity contribution in [1.82, 2.24) is 0 Å². The van der Waals surface area contributed by atoms with Crippen molar-refractivity contribution in [3.8, 4) is 0 Å². The SMILES string of the molecule is C[Si](C)c1ccccc1C=Cc1ccccc1[Si](C)C. The molecule has 0 fully saturated rings. The van der Waals surface area contributed by atoms with E-state index < -0.39 is 17.6 Å². The summed E-state index contributed by atoms with van der Waals surface area (Å²) in [5.74, 6) is 0. The van der Waals surface area contributed by atoms with Crippen LogP contribution in [0.5, 0.6) is 0 Å². The average Bonchev–Trinajstić information content (AvgIpc) is 2.45. The van der Waals surface area contributed by atoms with E-state index in [1.165, 1.54) is 21.5 Å². The molecule has 0 saturated heterocycles. The fraction of sp³-hybridized carbons (Fsp3) is 0.222. The Kier molecular flexibility index (Phi) is 5.15. The van der Waals surface area contributed by atoms with Gasteiger partial charge in [-0.15, -0.1) is 0 Å². The van der Waals surface area contributed by atoms with Crippen molar-refractivity contribution in [1.29, 1.82) is 0 Å². The lowest BCUT2D eigenvalue weighted by atomic mass is 10.1. The van der Waals surface area contributed by atoms with Crippen molar-refractivity contribution < 1.29 is 0 Å². The first kappa shape index (κ1) is 15.0. The monoisotopic (exact) mass is 294 g/mol. The predicted octanol–water partition coefficient (Wildman–Crippen LogP) is 3.78. The van der Waals surface area contributed by atoms with Gasteiger partial charge in [0, 0.05) is 0 Å². The van der Waals surface area contributed by atoms with Crippen LogP contribution >= 0.6 is 0 Å². The van der Waals surface area contributed by atoms with Crippen LogP contribution in [0.3, 0.4) is 0 Å². The first-order chi connectivity index (χ1) is 9.59. The van der Waals surface area contributed by atoms with Gasteiger partial charge in [0.15, 0.2) is 0 Å². The van der Waals surface area contributed by atoms with Crippen molar-refractivity contribution in [3.05, 3.63) is 59.7 Å². The highest BCUT2D eigenvalue weighted by atomic mass is 28.3. The van der Waals surface area contributed by atoms with Crippen LogP contribution in [0.1, 0.15) is 11.1 Å². The van der Waals surface area contributed by atoms with E-state index in [0.717, 1.165) is 0 Å². The summed E-state index contributed by atoms with van der Waals surface area (Å²) in [5, 5.41) is 3.04. The summed E-state index contributed by atoms with van der Waals surface area (Å²) in [4.78, 5) is 0. The number of hydrogen-bond donors (Lipinski definition) is 0. The smallest absolute Gasteiger partial charge is 0.0671 e. The maximum Gasteiger partial charge on any atom is 0.0799 e. The molecule has 2 rings (SSSR count). The second-order valence-electron chi connectivity index (χ2n) is 5.51. The van der Waals surface area contributed by atoms with Crippen molar-refractivity contribution in [2.24, 2.45) is 0 Å². The molecule has 0 unspecified atom stereocenters. The topological polar surface area (TPSA) is 0 Å². The molecule has 0 saturated carbocycles. The van der Waals surface area contributed by atoms with E-state index in [0.29, 0.717) is 0 Å². The van der Waals surface area contributed by atoms with Gasteiger partial charge in [-0.25, -0.2) is 0 Å². The minimum Gasteiger partial charge on any atom is -0.0671 e. The molecule has 102 valence electrons. The van der Waals surface area contributed by atoms with E-state index in [9.17, 15) is 0 Å². The van der Waals surface area contributed by atoms with E-state index in [-0.39, 0.29) is 0 Å². The zero-order chi connectivity index (χ0) is 14.5. The zero-order valence-electron chi connectivity index (χ0n) is 12.8. The number of benzene rings is 2. The fourth-order valence-corrected chi connectivity index (χ4v) is 4.72. The van der Waals surface area contributed by atoms with E-state index >= 15 is 0 Å². The Morgan fingerprint density at radius 2 is 0.950 bits per heavy atom. The first-order valence-electron chi connectivity index (χ1n) is 7.07. The molecule has 0 atom stereocenters. The molecule has 0 bridgehead atoms. The Bertz CT molecular complexity index is 544. The van der Waals surface area contributed by atoms with Crippen LogP contribution in [-0.2, 0) is 0 Å². The Morgan fingerprint density at radius 3 is 1.30 bits per heavy atom. The predicted molar refractivity (Wildman–Crippen MR) is 96.0 cm³/mol. The maximum atomic E-state index is 2.35. The lowest BCUT2D eigenvalue weighted by molar-refractivity contribution is 1.68. The van der Waals surface area contributed by atoms with Gasteiger partial charge in [0.2, 0.25) is 0 Å². The van der Waals surface area contributed by atoms with Crippen LogP contribution in [-0.4, -0.2) is 17.6 Å². The lowest BCUT2D eigenvalue weighted by Gasteiger charge is -2.10. The van der Waals surface area contributed by atoms with E-state index in [4.69, 9.17) is 0 Å². The fourth-order valence-electron chi connectivity index (χ4n) is 2.37.